The number of hydrogen-bond acceptors (Lipinski definition) is 4. The van der Waals surface area contributed by atoms with Crippen LogP contribution >= 0.6 is 0 Å². The Balaban J connectivity index is 3.77. The first-order chi connectivity index (χ1) is 8.11. The van der Waals surface area contributed by atoms with E-state index in [-0.39, 0.29) is 5.91 Å². The van der Waals surface area contributed by atoms with Crippen LogP contribution in [0, 0.1) is 0 Å². The second-order valence-electron chi connectivity index (χ2n) is 3.69. The molecule has 0 aliphatic heterocycles. The highest BCUT2D eigenvalue weighted by Gasteiger charge is 2.03. The number of hydrogen-bond donors (Lipinski definition) is 3. The van der Waals surface area contributed by atoms with E-state index in [1.807, 2.05) is 0 Å². The second-order valence-corrected chi connectivity index (χ2v) is 3.69. The van der Waals surface area contributed by atoms with E-state index in [1.54, 1.807) is 26.1 Å². The summed E-state index contributed by atoms with van der Waals surface area (Å²) in [7, 11) is 5.10. The van der Waals surface area contributed by atoms with E-state index in [1.165, 1.54) is 0 Å². The van der Waals surface area contributed by atoms with Crippen molar-refractivity contribution in [3.8, 4) is 0 Å². The smallest absolute Gasteiger partial charge is 0.223 e. The summed E-state index contributed by atoms with van der Waals surface area (Å²) in [6, 6.07) is 0. The Morgan fingerprint density at radius 2 is 2.18 bits per heavy atom. The molecule has 17 heavy (non-hydrogen) atoms. The van der Waals surface area contributed by atoms with Crippen molar-refractivity contribution in [3.05, 3.63) is 0 Å². The molecule has 0 saturated carbocycles. The van der Waals surface area contributed by atoms with E-state index >= 15 is 0 Å². The van der Waals surface area contributed by atoms with Crippen LogP contribution in [0.3, 0.4) is 0 Å². The van der Waals surface area contributed by atoms with Crippen molar-refractivity contribution < 1.29 is 9.53 Å². The van der Waals surface area contributed by atoms with Crippen molar-refractivity contribution in [3.63, 3.8) is 0 Å². The fraction of sp³-hybridized carbons (Fsp3) is 0.800. The molecule has 0 rings (SSSR count). The van der Waals surface area contributed by atoms with Gasteiger partial charge in [0.05, 0.1) is 0 Å². The molecule has 0 unspecified atom stereocenters. The minimum atomic E-state index is 0.0632. The first-order valence-electron chi connectivity index (χ1n) is 5.55. The lowest BCUT2D eigenvalue weighted by atomic mass is 10.4. The quantitative estimate of drug-likeness (QED) is 0.174. The Bertz CT molecular complexity index is 243. The summed E-state index contributed by atoms with van der Waals surface area (Å²) in [6.45, 7) is 1.80. The lowest BCUT2D eigenvalue weighted by molar-refractivity contribution is -0.128. The number of hydrazine groups is 1. The number of methoxy groups -OCH3 is 1. The first kappa shape index (κ1) is 15.7. The van der Waals surface area contributed by atoms with Gasteiger partial charge in [-0.15, -0.1) is 0 Å². The number of aliphatic imine (C=N–C) groups is 1. The van der Waals surface area contributed by atoms with Gasteiger partial charge in [-0.3, -0.25) is 15.2 Å². The summed E-state index contributed by atoms with van der Waals surface area (Å²) in [5.74, 6) is 5.85. The van der Waals surface area contributed by atoms with Gasteiger partial charge in [-0.1, -0.05) is 0 Å². The van der Waals surface area contributed by atoms with E-state index in [2.05, 4.69) is 15.7 Å². The molecular formula is C10H23N5O2. The van der Waals surface area contributed by atoms with E-state index < -0.39 is 0 Å². The predicted molar refractivity (Wildman–Crippen MR) is 67.4 cm³/mol. The monoisotopic (exact) mass is 245 g/mol. The van der Waals surface area contributed by atoms with Crippen molar-refractivity contribution in [1.82, 2.24) is 15.6 Å². The van der Waals surface area contributed by atoms with Gasteiger partial charge in [0, 0.05) is 47.3 Å². The fourth-order valence-electron chi connectivity index (χ4n) is 1.06. The number of amides is 1. The first-order valence-corrected chi connectivity index (χ1v) is 5.55. The normalized spacial score (nSPS) is 11.2. The molecule has 7 heteroatoms. The van der Waals surface area contributed by atoms with Gasteiger partial charge < -0.3 is 15.0 Å². The predicted octanol–water partition coefficient (Wildman–Crippen LogP) is -1.09. The van der Waals surface area contributed by atoms with E-state index in [0.29, 0.717) is 32.1 Å². The molecule has 0 aliphatic rings. The van der Waals surface area contributed by atoms with Crippen LogP contribution in [-0.2, 0) is 9.53 Å². The molecule has 0 atom stereocenters. The van der Waals surface area contributed by atoms with Crippen molar-refractivity contribution in [2.75, 3.05) is 40.9 Å². The summed E-state index contributed by atoms with van der Waals surface area (Å²) in [5, 5.41) is 2.96. The lowest BCUT2D eigenvalue weighted by Gasteiger charge is -2.12. The summed E-state index contributed by atoms with van der Waals surface area (Å²) in [6.07, 6.45) is 1.24. The molecule has 0 spiro atoms. The summed E-state index contributed by atoms with van der Waals surface area (Å²) in [4.78, 5) is 17.0. The number of carbonyl (C=O) groups excluding carboxylic acids is 1. The minimum Gasteiger partial charge on any atom is -0.385 e. The molecule has 100 valence electrons. The SMILES string of the molecule is COCCCN=C(NN)NCCC(=O)N(C)C. The van der Waals surface area contributed by atoms with Gasteiger partial charge in [-0.2, -0.15) is 0 Å². The second kappa shape index (κ2) is 9.86. The van der Waals surface area contributed by atoms with Gasteiger partial charge >= 0.3 is 0 Å². The van der Waals surface area contributed by atoms with E-state index in [0.717, 1.165) is 6.42 Å². The third-order valence-electron chi connectivity index (χ3n) is 2.04. The van der Waals surface area contributed by atoms with E-state index in [4.69, 9.17) is 10.6 Å². The van der Waals surface area contributed by atoms with Crippen LogP contribution in [0.1, 0.15) is 12.8 Å². The largest absolute Gasteiger partial charge is 0.385 e. The standard InChI is InChI=1S/C10H23N5O2/c1-15(2)9(16)5-7-13-10(14-11)12-6-4-8-17-3/h4-8,11H2,1-3H3,(H2,12,13,14). The molecule has 0 saturated heterocycles. The summed E-state index contributed by atoms with van der Waals surface area (Å²) in [5.41, 5.74) is 2.46. The van der Waals surface area contributed by atoms with Crippen LogP contribution in [0.5, 0.6) is 0 Å². The zero-order valence-corrected chi connectivity index (χ0v) is 10.8. The molecule has 0 bridgehead atoms. The number of nitrogens with one attached hydrogen (secondary N) is 2. The molecule has 7 nitrogen and oxygen atoms in total. The van der Waals surface area contributed by atoms with E-state index in [9.17, 15) is 4.79 Å². The molecule has 1 amide bonds. The molecule has 0 aromatic rings. The Kier molecular flexibility index (Phi) is 9.08. The Hall–Kier alpha value is -1.34. The number of guanidine groups is 1. The van der Waals surface area contributed by atoms with Crippen LogP contribution in [0.15, 0.2) is 4.99 Å². The topological polar surface area (TPSA) is 92.0 Å². The van der Waals surface area contributed by atoms with Gasteiger partial charge in [0.1, 0.15) is 0 Å². The molecule has 0 radical (unpaired) electrons. The van der Waals surface area contributed by atoms with Crippen molar-refractivity contribution >= 4 is 11.9 Å². The maximum absolute atomic E-state index is 11.3. The van der Waals surface area contributed by atoms with Crippen LogP contribution in [0.2, 0.25) is 0 Å². The third-order valence-corrected chi connectivity index (χ3v) is 2.04. The minimum absolute atomic E-state index is 0.0632. The maximum atomic E-state index is 11.3. The van der Waals surface area contributed by atoms with Gasteiger partial charge in [-0.25, -0.2) is 5.84 Å². The number of rotatable bonds is 7. The average Bonchev–Trinajstić information content (AvgIpc) is 2.31. The number of nitrogens with zero attached hydrogens (tertiary/aromatic N) is 2. The zero-order valence-electron chi connectivity index (χ0n) is 10.8. The maximum Gasteiger partial charge on any atom is 0.223 e. The zero-order chi connectivity index (χ0) is 13.1. The van der Waals surface area contributed by atoms with Gasteiger partial charge in [0.2, 0.25) is 11.9 Å². The van der Waals surface area contributed by atoms with Crippen LogP contribution < -0.4 is 16.6 Å². The lowest BCUT2D eigenvalue weighted by Crippen LogP contribution is -2.43. The average molecular weight is 245 g/mol. The summed E-state index contributed by atoms with van der Waals surface area (Å²) >= 11 is 0. The Morgan fingerprint density at radius 3 is 2.71 bits per heavy atom. The number of carbonyl (C=O) groups is 1. The molecule has 0 aromatic carbocycles. The molecule has 0 fully saturated rings. The highest BCUT2D eigenvalue weighted by molar-refractivity contribution is 5.80. The fourth-order valence-corrected chi connectivity index (χ4v) is 1.06. The molecule has 0 heterocycles. The highest BCUT2D eigenvalue weighted by atomic mass is 16.5. The van der Waals surface area contributed by atoms with Crippen LogP contribution in [0.4, 0.5) is 0 Å². The summed E-state index contributed by atoms with van der Waals surface area (Å²) < 4.78 is 4.90. The molecule has 0 aromatic heterocycles. The molecular weight excluding hydrogens is 222 g/mol. The van der Waals surface area contributed by atoms with Crippen LogP contribution in [0.25, 0.3) is 0 Å². The Morgan fingerprint density at radius 1 is 1.47 bits per heavy atom. The van der Waals surface area contributed by atoms with Gasteiger partial charge in [0.25, 0.3) is 0 Å². The van der Waals surface area contributed by atoms with Gasteiger partial charge in [0.15, 0.2) is 0 Å². The molecule has 0 aliphatic carbocycles. The van der Waals surface area contributed by atoms with Gasteiger partial charge in [-0.05, 0) is 6.42 Å². The molecule has 4 N–H and O–H groups in total. The number of nitrogens with two attached hydrogens (primary N) is 1. The number of ether oxygens (including phenoxy) is 1. The van der Waals surface area contributed by atoms with Crippen LogP contribution in [-0.4, -0.2) is 57.7 Å². The van der Waals surface area contributed by atoms with Crippen molar-refractivity contribution in [2.24, 2.45) is 10.8 Å². The Labute approximate surface area is 102 Å². The van der Waals surface area contributed by atoms with Crippen molar-refractivity contribution in [2.45, 2.75) is 12.8 Å². The van der Waals surface area contributed by atoms with Crippen molar-refractivity contribution in [1.29, 1.82) is 0 Å². The third kappa shape index (κ3) is 8.47. The highest BCUT2D eigenvalue weighted by Crippen LogP contribution is 1.86.